The molecule has 0 saturated carbocycles. The van der Waals surface area contributed by atoms with Crippen molar-refractivity contribution in [3.8, 4) is 32.8 Å². The maximum atomic E-state index is 13.3. The molecule has 1 N–H and O–H groups in total. The van der Waals surface area contributed by atoms with Crippen molar-refractivity contribution in [2.45, 2.75) is 58.4 Å². The topological polar surface area (TPSA) is 115 Å². The predicted octanol–water partition coefficient (Wildman–Crippen LogP) is 6.46. The van der Waals surface area contributed by atoms with Crippen LogP contribution in [0.5, 0.6) is 11.5 Å². The lowest BCUT2D eigenvalue weighted by atomic mass is 9.94. The Morgan fingerprint density at radius 3 is 2.55 bits per heavy atom. The molecule has 10 nitrogen and oxygen atoms in total. The Kier molecular flexibility index (Phi) is 7.57. The van der Waals surface area contributed by atoms with Crippen molar-refractivity contribution < 1.29 is 19.4 Å². The van der Waals surface area contributed by atoms with Gasteiger partial charge in [0.05, 0.1) is 35.3 Å². The van der Waals surface area contributed by atoms with Crippen molar-refractivity contribution in [3.05, 3.63) is 64.2 Å². The number of likely N-dealkylation sites (tertiary alicyclic amines) is 1. The summed E-state index contributed by atoms with van der Waals surface area (Å²) in [7, 11) is 1.62. The average Bonchev–Trinajstić information content (AvgIpc) is 3.78. The Morgan fingerprint density at radius 1 is 1.05 bits per heavy atom. The molecule has 1 fully saturated rings. The van der Waals surface area contributed by atoms with Gasteiger partial charge >= 0.3 is 0 Å². The molecule has 5 heterocycles. The van der Waals surface area contributed by atoms with Crippen molar-refractivity contribution in [2.75, 3.05) is 7.11 Å². The molecule has 1 amide bonds. The minimum absolute atomic E-state index is 0.00513. The average molecular weight is 647 g/mol. The second-order valence-corrected chi connectivity index (χ2v) is 14.0. The summed E-state index contributed by atoms with van der Waals surface area (Å²) in [5.74, 6) is 1.32. The van der Waals surface area contributed by atoms with E-state index in [1.54, 1.807) is 23.0 Å². The summed E-state index contributed by atoms with van der Waals surface area (Å²) in [6.45, 7) is 6.23. The number of rotatable bonds is 7. The number of nitrogens with zero attached hydrogens (tertiary/aromatic N) is 6. The van der Waals surface area contributed by atoms with Gasteiger partial charge in [0.1, 0.15) is 38.8 Å². The smallest absolute Gasteiger partial charge is 0.254 e. The number of ether oxygens (including phenoxy) is 2. The lowest BCUT2D eigenvalue weighted by molar-refractivity contribution is 0.0144. The van der Waals surface area contributed by atoms with Crippen LogP contribution in [0.4, 0.5) is 0 Å². The molecule has 1 aliphatic heterocycles. The van der Waals surface area contributed by atoms with Crippen LogP contribution in [0.3, 0.4) is 0 Å². The molecular formula is C31H30N6O4S3. The summed E-state index contributed by atoms with van der Waals surface area (Å²) in [6, 6.07) is 11.3. The van der Waals surface area contributed by atoms with Crippen LogP contribution in [0.1, 0.15) is 47.7 Å². The largest absolute Gasteiger partial charge is 0.497 e. The normalized spacial score (nSPS) is 18.8. The molecule has 226 valence electrons. The molecule has 1 aliphatic rings. The molecule has 1 saturated heterocycles. The zero-order valence-corrected chi connectivity index (χ0v) is 27.0. The number of aliphatic hydroxyl groups excluding tert-OH is 1. The number of hydrogen-bond acceptors (Lipinski definition) is 11. The Morgan fingerprint density at radius 2 is 1.82 bits per heavy atom. The highest BCUT2D eigenvalue weighted by Gasteiger charge is 2.33. The fourth-order valence-corrected chi connectivity index (χ4v) is 8.22. The van der Waals surface area contributed by atoms with Crippen LogP contribution in [0.15, 0.2) is 48.0 Å². The third-order valence-corrected chi connectivity index (χ3v) is 10.6. The molecule has 2 aromatic carbocycles. The zero-order valence-electron chi connectivity index (χ0n) is 24.6. The van der Waals surface area contributed by atoms with Crippen LogP contribution in [0.25, 0.3) is 36.5 Å². The van der Waals surface area contributed by atoms with Crippen LogP contribution in [-0.2, 0) is 6.61 Å². The number of aryl methyl sites for hydroxylation is 1. The van der Waals surface area contributed by atoms with Gasteiger partial charge < -0.3 is 19.5 Å². The maximum Gasteiger partial charge on any atom is 0.254 e. The first-order chi connectivity index (χ1) is 21.2. The summed E-state index contributed by atoms with van der Waals surface area (Å²) in [5, 5.41) is 19.1. The fraction of sp³-hybridized carbons (Fsp3) is 0.323. The number of hydrogen-bond donors (Lipinski definition) is 1. The van der Waals surface area contributed by atoms with E-state index in [1.165, 1.54) is 22.7 Å². The van der Waals surface area contributed by atoms with E-state index in [9.17, 15) is 9.90 Å². The fourth-order valence-electron chi connectivity index (χ4n) is 5.72. The molecule has 13 heteroatoms. The molecule has 3 atom stereocenters. The van der Waals surface area contributed by atoms with Crippen molar-refractivity contribution in [3.63, 3.8) is 0 Å². The van der Waals surface area contributed by atoms with Crippen LogP contribution >= 0.6 is 34.0 Å². The zero-order chi connectivity index (χ0) is 30.5. The molecular weight excluding hydrogens is 617 g/mol. The van der Waals surface area contributed by atoms with Gasteiger partial charge in [0.2, 0.25) is 4.96 Å². The molecule has 1 unspecified atom stereocenters. The number of carbonyl (C=O) groups excluding carboxylic acids is 1. The van der Waals surface area contributed by atoms with E-state index < -0.39 is 0 Å². The van der Waals surface area contributed by atoms with Gasteiger partial charge in [0, 0.05) is 40.7 Å². The van der Waals surface area contributed by atoms with Gasteiger partial charge in [-0.15, -0.1) is 22.7 Å². The highest BCUT2D eigenvalue weighted by molar-refractivity contribution is 7.22. The summed E-state index contributed by atoms with van der Waals surface area (Å²) in [6.07, 6.45) is 2.74. The second kappa shape index (κ2) is 11.5. The van der Waals surface area contributed by atoms with E-state index in [-0.39, 0.29) is 30.7 Å². The number of thiazole rings is 2. The lowest BCUT2D eigenvalue weighted by Gasteiger charge is -2.41. The van der Waals surface area contributed by atoms with Gasteiger partial charge in [-0.2, -0.15) is 5.10 Å². The Bertz CT molecular complexity index is 1930. The third kappa shape index (κ3) is 5.45. The number of imidazole rings is 1. The second-order valence-electron chi connectivity index (χ2n) is 11.0. The predicted molar refractivity (Wildman–Crippen MR) is 173 cm³/mol. The van der Waals surface area contributed by atoms with Gasteiger partial charge in [-0.3, -0.25) is 4.79 Å². The summed E-state index contributed by atoms with van der Waals surface area (Å²) < 4.78 is 14.5. The van der Waals surface area contributed by atoms with Crippen LogP contribution in [0, 0.1) is 6.92 Å². The van der Waals surface area contributed by atoms with Gasteiger partial charge in [0.25, 0.3) is 5.91 Å². The minimum atomic E-state index is -0.356. The molecule has 44 heavy (non-hydrogen) atoms. The van der Waals surface area contributed by atoms with E-state index in [0.717, 1.165) is 47.2 Å². The highest BCUT2D eigenvalue weighted by atomic mass is 32.1. The summed E-state index contributed by atoms with van der Waals surface area (Å²) in [4.78, 5) is 30.3. The SMILES string of the molecule is COc1cc(OCc2csc(-c3ccc(C(=O)N4[C@H](C)CC(O)C[C@@H]4C)cc3)n2)c2sc(-c3cn4nc(C)sc4n3)nc2c1. The van der Waals surface area contributed by atoms with Crippen LogP contribution < -0.4 is 9.47 Å². The summed E-state index contributed by atoms with van der Waals surface area (Å²) >= 11 is 4.59. The molecule has 0 spiro atoms. The first kappa shape index (κ1) is 28.8. The van der Waals surface area contributed by atoms with Crippen molar-refractivity contribution in [2.24, 2.45) is 0 Å². The number of amides is 1. The number of fused-ring (bicyclic) bond motifs is 2. The van der Waals surface area contributed by atoms with E-state index in [0.29, 0.717) is 29.9 Å². The quantitative estimate of drug-likeness (QED) is 0.210. The molecule has 6 aromatic rings. The highest BCUT2D eigenvalue weighted by Crippen LogP contribution is 2.39. The number of piperidine rings is 1. The molecule has 0 bridgehead atoms. The first-order valence-electron chi connectivity index (χ1n) is 14.3. The standard InChI is InChI=1S/C31H30N6O4S3/c1-16-9-22(38)10-17(2)37(16)30(39)20-7-5-19(6-8-20)28-32-21(15-42-28)14-41-26-12-23(40-4)11-24-27(26)44-29(33-24)25-13-36-31(34-25)43-18(3)35-36/h5-8,11-13,15-17,22,38H,9-10,14H2,1-4H3/t16-,17+,22?. The van der Waals surface area contributed by atoms with Gasteiger partial charge in [-0.25, -0.2) is 19.5 Å². The number of methoxy groups -OCH3 is 1. The van der Waals surface area contributed by atoms with Crippen molar-refractivity contribution in [1.29, 1.82) is 0 Å². The number of benzene rings is 2. The Labute approximate surface area is 265 Å². The minimum Gasteiger partial charge on any atom is -0.497 e. The Hall–Kier alpha value is -3.91. The van der Waals surface area contributed by atoms with E-state index >= 15 is 0 Å². The third-order valence-electron chi connectivity index (χ3n) is 7.75. The number of aliphatic hydroxyl groups is 1. The molecule has 4 aromatic heterocycles. The van der Waals surface area contributed by atoms with E-state index in [4.69, 9.17) is 24.4 Å². The first-order valence-corrected chi connectivity index (χ1v) is 16.8. The number of carbonyl (C=O) groups is 1. The molecule has 7 rings (SSSR count). The van der Waals surface area contributed by atoms with Crippen molar-refractivity contribution >= 4 is 55.1 Å². The van der Waals surface area contributed by atoms with Crippen LogP contribution in [-0.4, -0.2) is 65.8 Å². The lowest BCUT2D eigenvalue weighted by Crippen LogP contribution is -2.51. The number of aromatic nitrogens is 5. The maximum absolute atomic E-state index is 13.3. The van der Waals surface area contributed by atoms with E-state index in [2.05, 4.69) is 5.10 Å². The van der Waals surface area contributed by atoms with Crippen molar-refractivity contribution in [1.82, 2.24) is 29.5 Å². The van der Waals surface area contributed by atoms with Gasteiger partial charge in [-0.1, -0.05) is 23.5 Å². The molecule has 0 radical (unpaired) electrons. The van der Waals surface area contributed by atoms with E-state index in [1.807, 2.05) is 73.6 Å². The van der Waals surface area contributed by atoms with Crippen LogP contribution in [0.2, 0.25) is 0 Å². The monoisotopic (exact) mass is 646 g/mol. The Balaban J connectivity index is 1.07. The van der Waals surface area contributed by atoms with Gasteiger partial charge in [-0.05, 0) is 45.7 Å². The molecule has 0 aliphatic carbocycles. The summed E-state index contributed by atoms with van der Waals surface area (Å²) in [5.41, 5.74) is 3.92. The van der Waals surface area contributed by atoms with Gasteiger partial charge in [0.15, 0.2) is 0 Å².